The summed E-state index contributed by atoms with van der Waals surface area (Å²) in [5, 5.41) is 3.76. The number of thioether (sulfide) groups is 1. The van der Waals surface area contributed by atoms with Gasteiger partial charge in [-0.05, 0) is 30.3 Å². The van der Waals surface area contributed by atoms with Crippen molar-refractivity contribution in [2.45, 2.75) is 9.79 Å². The summed E-state index contributed by atoms with van der Waals surface area (Å²) in [6.07, 6.45) is 1.71. The van der Waals surface area contributed by atoms with Gasteiger partial charge < -0.3 is 14.8 Å². The van der Waals surface area contributed by atoms with E-state index in [4.69, 9.17) is 9.47 Å². The van der Waals surface area contributed by atoms with Crippen molar-refractivity contribution in [1.29, 1.82) is 0 Å². The molecule has 0 bridgehead atoms. The molecule has 1 aliphatic heterocycles. The monoisotopic (exact) mass is 473 g/mol. The normalized spacial score (nSPS) is 14.9. The maximum atomic E-state index is 13.0. The fourth-order valence-electron chi connectivity index (χ4n) is 3.41. The molecule has 32 heavy (non-hydrogen) atoms. The second kappa shape index (κ2) is 9.86. The van der Waals surface area contributed by atoms with Crippen molar-refractivity contribution in [3.8, 4) is 5.75 Å². The molecule has 0 spiro atoms. The van der Waals surface area contributed by atoms with Gasteiger partial charge in [0.2, 0.25) is 15.9 Å². The van der Waals surface area contributed by atoms with E-state index in [0.29, 0.717) is 37.7 Å². The van der Waals surface area contributed by atoms with Crippen LogP contribution in [0, 0.1) is 0 Å². The quantitative estimate of drug-likeness (QED) is 0.527. The van der Waals surface area contributed by atoms with E-state index in [0.717, 1.165) is 15.8 Å². The predicted octanol–water partition coefficient (Wildman–Crippen LogP) is 3.00. The maximum Gasteiger partial charge on any atom is 0.243 e. The third-order valence-electron chi connectivity index (χ3n) is 5.02. The van der Waals surface area contributed by atoms with Crippen molar-refractivity contribution in [3.05, 3.63) is 54.7 Å². The minimum atomic E-state index is -3.69. The predicted molar refractivity (Wildman–Crippen MR) is 124 cm³/mol. The second-order valence-electron chi connectivity index (χ2n) is 7.04. The van der Waals surface area contributed by atoms with E-state index in [9.17, 15) is 13.2 Å². The molecular formula is C22H23N3O5S2. The molecule has 10 heteroatoms. The molecule has 1 aliphatic rings. The van der Waals surface area contributed by atoms with Crippen LogP contribution in [0.3, 0.4) is 0 Å². The summed E-state index contributed by atoms with van der Waals surface area (Å²) in [4.78, 5) is 18.1. The van der Waals surface area contributed by atoms with Crippen LogP contribution in [-0.2, 0) is 19.6 Å². The molecule has 2 aromatic carbocycles. The van der Waals surface area contributed by atoms with E-state index in [2.05, 4.69) is 10.3 Å². The largest absolute Gasteiger partial charge is 0.495 e. The molecule has 3 aromatic rings. The van der Waals surface area contributed by atoms with Crippen LogP contribution in [0.1, 0.15) is 0 Å². The molecule has 1 aromatic heterocycles. The van der Waals surface area contributed by atoms with E-state index in [1.54, 1.807) is 12.3 Å². The number of carbonyl (C=O) groups is 1. The molecule has 0 aliphatic carbocycles. The first-order valence-electron chi connectivity index (χ1n) is 10.0. The molecule has 8 nitrogen and oxygen atoms in total. The summed E-state index contributed by atoms with van der Waals surface area (Å²) in [6, 6.07) is 14.1. The maximum absolute atomic E-state index is 13.0. The number of benzene rings is 2. The van der Waals surface area contributed by atoms with E-state index >= 15 is 0 Å². The Bertz CT molecular complexity index is 1220. The van der Waals surface area contributed by atoms with Gasteiger partial charge in [-0.15, -0.1) is 11.8 Å². The van der Waals surface area contributed by atoms with Crippen LogP contribution in [0.2, 0.25) is 0 Å². The molecule has 1 amide bonds. The number of amides is 1. The van der Waals surface area contributed by atoms with Gasteiger partial charge in [-0.25, -0.2) is 8.42 Å². The molecule has 168 valence electrons. The number of para-hydroxylation sites is 1. The van der Waals surface area contributed by atoms with Crippen molar-refractivity contribution in [2.75, 3.05) is 44.5 Å². The number of nitrogens with one attached hydrogen (secondary N) is 1. The lowest BCUT2D eigenvalue weighted by atomic mass is 10.2. The number of fused-ring (bicyclic) bond motifs is 1. The van der Waals surface area contributed by atoms with Crippen molar-refractivity contribution in [1.82, 2.24) is 9.29 Å². The highest BCUT2D eigenvalue weighted by molar-refractivity contribution is 8.00. The summed E-state index contributed by atoms with van der Waals surface area (Å²) in [5.74, 6) is 0.270. The first-order valence-corrected chi connectivity index (χ1v) is 12.4. The van der Waals surface area contributed by atoms with Gasteiger partial charge in [-0.1, -0.05) is 18.2 Å². The van der Waals surface area contributed by atoms with E-state index in [1.807, 2.05) is 30.3 Å². The molecule has 1 N–H and O–H groups in total. The number of nitrogens with zero attached hydrogens (tertiary/aromatic N) is 2. The summed E-state index contributed by atoms with van der Waals surface area (Å²) >= 11 is 1.39. The molecule has 0 atom stereocenters. The van der Waals surface area contributed by atoms with Crippen LogP contribution < -0.4 is 10.1 Å². The Kier molecular flexibility index (Phi) is 6.95. The third-order valence-corrected chi connectivity index (χ3v) is 7.99. The number of methoxy groups -OCH3 is 1. The van der Waals surface area contributed by atoms with Gasteiger partial charge in [-0.2, -0.15) is 4.31 Å². The fraction of sp³-hybridized carbons (Fsp3) is 0.273. The first kappa shape index (κ1) is 22.5. The smallest absolute Gasteiger partial charge is 0.243 e. The molecule has 1 saturated heterocycles. The SMILES string of the molecule is COc1ccc(S(=O)(=O)N2CCOCC2)cc1NC(=O)CSc1ccnc2ccccc12. The number of rotatable bonds is 7. The van der Waals surface area contributed by atoms with Crippen LogP contribution in [0.5, 0.6) is 5.75 Å². The zero-order valence-corrected chi connectivity index (χ0v) is 19.1. The highest BCUT2D eigenvalue weighted by Gasteiger charge is 2.27. The van der Waals surface area contributed by atoms with Crippen LogP contribution in [0.15, 0.2) is 64.5 Å². The molecule has 4 rings (SSSR count). The highest BCUT2D eigenvalue weighted by Crippen LogP contribution is 2.30. The summed E-state index contributed by atoms with van der Waals surface area (Å²) in [5.41, 5.74) is 1.17. The van der Waals surface area contributed by atoms with E-state index in [1.165, 1.54) is 35.3 Å². The number of hydrogen-bond donors (Lipinski definition) is 1. The van der Waals surface area contributed by atoms with Crippen molar-refractivity contribution in [3.63, 3.8) is 0 Å². The number of carbonyl (C=O) groups excluding carboxylic acids is 1. The highest BCUT2D eigenvalue weighted by atomic mass is 32.2. The lowest BCUT2D eigenvalue weighted by Crippen LogP contribution is -2.40. The van der Waals surface area contributed by atoms with Crippen LogP contribution in [0.4, 0.5) is 5.69 Å². The van der Waals surface area contributed by atoms with Gasteiger partial charge in [0.25, 0.3) is 0 Å². The number of pyridine rings is 1. The number of ether oxygens (including phenoxy) is 2. The van der Waals surface area contributed by atoms with Crippen LogP contribution >= 0.6 is 11.8 Å². The molecule has 2 heterocycles. The average molecular weight is 474 g/mol. The molecule has 1 fully saturated rings. The van der Waals surface area contributed by atoms with Crippen molar-refractivity contribution < 1.29 is 22.7 Å². The Morgan fingerprint density at radius 1 is 1.19 bits per heavy atom. The topological polar surface area (TPSA) is 97.8 Å². The zero-order valence-electron chi connectivity index (χ0n) is 17.5. The lowest BCUT2D eigenvalue weighted by Gasteiger charge is -2.26. The standard InChI is InChI=1S/C22H23N3O5S2/c1-29-20-7-6-16(32(27,28)25-10-12-30-13-11-25)14-19(20)24-22(26)15-31-21-8-9-23-18-5-3-2-4-17(18)21/h2-9,14H,10-13,15H2,1H3,(H,24,26). The van der Waals surface area contributed by atoms with Gasteiger partial charge in [-0.3, -0.25) is 9.78 Å². The number of hydrogen-bond acceptors (Lipinski definition) is 7. The fourth-order valence-corrected chi connectivity index (χ4v) is 5.69. The Balaban J connectivity index is 1.50. The van der Waals surface area contributed by atoms with Gasteiger partial charge in [0.1, 0.15) is 5.75 Å². The minimum absolute atomic E-state index is 0.100. The minimum Gasteiger partial charge on any atom is -0.495 e. The molecule has 0 radical (unpaired) electrons. The third kappa shape index (κ3) is 4.88. The Hall–Kier alpha value is -2.66. The van der Waals surface area contributed by atoms with Crippen molar-refractivity contribution in [2.24, 2.45) is 0 Å². The molecule has 0 saturated carbocycles. The first-order chi connectivity index (χ1) is 15.5. The lowest BCUT2D eigenvalue weighted by molar-refractivity contribution is -0.113. The van der Waals surface area contributed by atoms with Crippen LogP contribution in [-0.4, -0.2) is 62.8 Å². The molecular weight excluding hydrogens is 450 g/mol. The Labute approximate surface area is 191 Å². The number of anilines is 1. The second-order valence-corrected chi connectivity index (χ2v) is 10.00. The van der Waals surface area contributed by atoms with Crippen molar-refractivity contribution >= 4 is 44.3 Å². The van der Waals surface area contributed by atoms with Gasteiger partial charge in [0, 0.05) is 29.6 Å². The van der Waals surface area contributed by atoms with Gasteiger partial charge in [0.15, 0.2) is 0 Å². The van der Waals surface area contributed by atoms with Crippen LogP contribution in [0.25, 0.3) is 10.9 Å². The number of aromatic nitrogens is 1. The van der Waals surface area contributed by atoms with E-state index < -0.39 is 10.0 Å². The summed E-state index contributed by atoms with van der Waals surface area (Å²) in [7, 11) is -2.22. The van der Waals surface area contributed by atoms with Gasteiger partial charge >= 0.3 is 0 Å². The van der Waals surface area contributed by atoms with E-state index in [-0.39, 0.29) is 16.6 Å². The molecule has 0 unspecified atom stereocenters. The Morgan fingerprint density at radius 2 is 1.97 bits per heavy atom. The summed E-state index contributed by atoms with van der Waals surface area (Å²) < 4.78 is 37.9. The van der Waals surface area contributed by atoms with Gasteiger partial charge in [0.05, 0.1) is 42.2 Å². The zero-order chi connectivity index (χ0) is 22.6. The Morgan fingerprint density at radius 3 is 2.75 bits per heavy atom. The summed E-state index contributed by atoms with van der Waals surface area (Å²) in [6.45, 7) is 1.32. The average Bonchev–Trinajstić information content (AvgIpc) is 2.83. The number of morpholine rings is 1. The number of sulfonamides is 1.